The molecule has 1 aliphatic carbocycles. The van der Waals surface area contributed by atoms with E-state index in [0.717, 1.165) is 29.2 Å². The third kappa shape index (κ3) is 3.43. The van der Waals surface area contributed by atoms with Gasteiger partial charge < -0.3 is 10.1 Å². The molecule has 0 radical (unpaired) electrons. The summed E-state index contributed by atoms with van der Waals surface area (Å²) in [5.74, 6) is 1.10. The molecule has 3 amide bonds. The van der Waals surface area contributed by atoms with Crippen molar-refractivity contribution in [2.24, 2.45) is 11.0 Å². The summed E-state index contributed by atoms with van der Waals surface area (Å²) in [6, 6.07) is 7.13. The van der Waals surface area contributed by atoms with Crippen LogP contribution < -0.4 is 10.1 Å². The Bertz CT molecular complexity index is 718. The number of carbonyl (C=O) groups excluding carboxylic acids is 2. The van der Waals surface area contributed by atoms with Crippen LogP contribution in [0.4, 0.5) is 4.79 Å². The molecule has 1 heterocycles. The van der Waals surface area contributed by atoms with Crippen LogP contribution in [0.2, 0.25) is 0 Å². The summed E-state index contributed by atoms with van der Waals surface area (Å²) in [7, 11) is 1.61. The molecule has 1 saturated heterocycles. The molecule has 3 rings (SSSR count). The van der Waals surface area contributed by atoms with Gasteiger partial charge in [-0.15, -0.1) is 5.01 Å². The number of carbonyl (C=O) groups is 2. The fraction of sp³-hybridized carbons (Fsp3) is 0.421. The highest BCUT2D eigenvalue weighted by molar-refractivity contribution is 6.07. The Hall–Kier alpha value is -2.63. The second kappa shape index (κ2) is 7.09. The van der Waals surface area contributed by atoms with Crippen molar-refractivity contribution >= 4 is 24.2 Å². The molecule has 2 aliphatic rings. The average Bonchev–Trinajstić information content (AvgIpc) is 2.85. The first kappa shape index (κ1) is 17.2. The molecule has 1 aromatic rings. The first-order chi connectivity index (χ1) is 12.1. The second-order valence-corrected chi connectivity index (χ2v) is 6.68. The summed E-state index contributed by atoms with van der Waals surface area (Å²) >= 11 is 0. The number of imide groups is 1. The number of methoxy groups -OCH3 is 1. The standard InChI is InChI=1S/C19H23N3O3/c1-14-9-11-19(12-10-14)17(23)22(18(24)21-19)20-13-5-7-15-6-3-4-8-16(15)25-2/h3-8,13-14H,9-12H2,1-2H3,(H,21,24)/b7-5+,20-13+. The van der Waals surface area contributed by atoms with Gasteiger partial charge in [0.1, 0.15) is 11.3 Å². The number of nitrogens with zero attached hydrogens (tertiary/aromatic N) is 2. The van der Waals surface area contributed by atoms with Crippen molar-refractivity contribution < 1.29 is 14.3 Å². The Morgan fingerprint density at radius 1 is 1.28 bits per heavy atom. The Morgan fingerprint density at radius 2 is 2.00 bits per heavy atom. The Balaban J connectivity index is 1.68. The largest absolute Gasteiger partial charge is 0.496 e. The van der Waals surface area contributed by atoms with Crippen molar-refractivity contribution in [3.63, 3.8) is 0 Å². The Labute approximate surface area is 147 Å². The maximum absolute atomic E-state index is 12.6. The Morgan fingerprint density at radius 3 is 2.72 bits per heavy atom. The number of amides is 3. The molecule has 6 nitrogen and oxygen atoms in total. The highest BCUT2D eigenvalue weighted by Gasteiger charge is 2.52. The molecular formula is C19H23N3O3. The van der Waals surface area contributed by atoms with Gasteiger partial charge in [-0.1, -0.05) is 25.1 Å². The van der Waals surface area contributed by atoms with E-state index in [1.807, 2.05) is 30.3 Å². The Kier molecular flexibility index (Phi) is 4.88. The van der Waals surface area contributed by atoms with Crippen LogP contribution >= 0.6 is 0 Å². The third-order valence-electron chi connectivity index (χ3n) is 4.95. The zero-order valence-electron chi connectivity index (χ0n) is 14.6. The topological polar surface area (TPSA) is 71.0 Å². The van der Waals surface area contributed by atoms with E-state index in [-0.39, 0.29) is 5.91 Å². The van der Waals surface area contributed by atoms with Gasteiger partial charge in [-0.05, 0) is 49.8 Å². The number of hydrazone groups is 1. The predicted molar refractivity (Wildman–Crippen MR) is 96.3 cm³/mol. The maximum atomic E-state index is 12.6. The van der Waals surface area contributed by atoms with Gasteiger partial charge in [-0.2, -0.15) is 5.10 Å². The lowest BCUT2D eigenvalue weighted by Crippen LogP contribution is -2.49. The van der Waals surface area contributed by atoms with Gasteiger partial charge in [0.2, 0.25) is 0 Å². The predicted octanol–water partition coefficient (Wildman–Crippen LogP) is 3.19. The SMILES string of the molecule is COc1ccccc1/C=C/C=N/N1C(=O)NC2(CCC(C)CC2)C1=O. The number of urea groups is 1. The van der Waals surface area contributed by atoms with E-state index in [1.54, 1.807) is 13.2 Å². The number of benzene rings is 1. The lowest BCUT2D eigenvalue weighted by Gasteiger charge is -2.33. The molecule has 0 unspecified atom stereocenters. The van der Waals surface area contributed by atoms with Gasteiger partial charge in [0, 0.05) is 11.8 Å². The van der Waals surface area contributed by atoms with E-state index in [2.05, 4.69) is 17.3 Å². The molecule has 0 aromatic heterocycles. The van der Waals surface area contributed by atoms with E-state index in [1.165, 1.54) is 6.21 Å². The first-order valence-corrected chi connectivity index (χ1v) is 8.56. The van der Waals surface area contributed by atoms with Crippen molar-refractivity contribution in [3.05, 3.63) is 35.9 Å². The van der Waals surface area contributed by atoms with E-state index in [0.29, 0.717) is 18.8 Å². The summed E-state index contributed by atoms with van der Waals surface area (Å²) in [5, 5.41) is 7.84. The lowest BCUT2D eigenvalue weighted by atomic mass is 9.77. The summed E-state index contributed by atoms with van der Waals surface area (Å²) in [6.45, 7) is 2.17. The van der Waals surface area contributed by atoms with Gasteiger partial charge in [0.15, 0.2) is 0 Å². The molecule has 132 valence electrons. The fourth-order valence-corrected chi connectivity index (χ4v) is 3.36. The number of hydrogen-bond acceptors (Lipinski definition) is 4. The monoisotopic (exact) mass is 341 g/mol. The lowest BCUT2D eigenvalue weighted by molar-refractivity contribution is -0.132. The van der Waals surface area contributed by atoms with Crippen LogP contribution in [-0.2, 0) is 4.79 Å². The van der Waals surface area contributed by atoms with Crippen molar-refractivity contribution in [1.82, 2.24) is 10.3 Å². The molecule has 0 atom stereocenters. The van der Waals surface area contributed by atoms with Gasteiger partial charge in [0.25, 0.3) is 5.91 Å². The minimum Gasteiger partial charge on any atom is -0.496 e. The summed E-state index contributed by atoms with van der Waals surface area (Å²) in [4.78, 5) is 24.8. The number of nitrogens with one attached hydrogen (secondary N) is 1. The number of rotatable bonds is 4. The molecule has 0 bridgehead atoms. The normalized spacial score (nSPS) is 26.8. The van der Waals surface area contributed by atoms with Crippen LogP contribution in [0, 0.1) is 5.92 Å². The fourth-order valence-electron chi connectivity index (χ4n) is 3.36. The van der Waals surface area contributed by atoms with Crippen LogP contribution in [0.5, 0.6) is 5.75 Å². The van der Waals surface area contributed by atoms with Gasteiger partial charge in [-0.25, -0.2) is 4.79 Å². The molecule has 6 heteroatoms. The van der Waals surface area contributed by atoms with Crippen molar-refractivity contribution in [3.8, 4) is 5.75 Å². The van der Waals surface area contributed by atoms with Crippen molar-refractivity contribution in [2.75, 3.05) is 7.11 Å². The zero-order chi connectivity index (χ0) is 17.9. The quantitative estimate of drug-likeness (QED) is 0.675. The van der Waals surface area contributed by atoms with Crippen LogP contribution in [0.15, 0.2) is 35.4 Å². The molecule has 1 saturated carbocycles. The van der Waals surface area contributed by atoms with Crippen LogP contribution in [-0.4, -0.2) is 35.8 Å². The average molecular weight is 341 g/mol. The highest BCUT2D eigenvalue weighted by Crippen LogP contribution is 2.36. The van der Waals surface area contributed by atoms with Crippen molar-refractivity contribution in [1.29, 1.82) is 0 Å². The molecule has 1 N–H and O–H groups in total. The molecule has 2 fully saturated rings. The maximum Gasteiger partial charge on any atom is 0.346 e. The third-order valence-corrected chi connectivity index (χ3v) is 4.95. The number of para-hydroxylation sites is 1. The van der Waals surface area contributed by atoms with Crippen molar-refractivity contribution in [2.45, 2.75) is 38.1 Å². The molecule has 1 spiro atoms. The summed E-state index contributed by atoms with van der Waals surface area (Å²) < 4.78 is 5.27. The second-order valence-electron chi connectivity index (χ2n) is 6.68. The van der Waals surface area contributed by atoms with Crippen LogP contribution in [0.25, 0.3) is 6.08 Å². The van der Waals surface area contributed by atoms with E-state index >= 15 is 0 Å². The molecule has 1 aliphatic heterocycles. The summed E-state index contributed by atoms with van der Waals surface area (Å²) in [5.41, 5.74) is 0.138. The van der Waals surface area contributed by atoms with Crippen LogP contribution in [0.3, 0.4) is 0 Å². The van der Waals surface area contributed by atoms with Crippen LogP contribution in [0.1, 0.15) is 38.2 Å². The van der Waals surface area contributed by atoms with Gasteiger partial charge >= 0.3 is 6.03 Å². The highest BCUT2D eigenvalue weighted by atomic mass is 16.5. The summed E-state index contributed by atoms with van der Waals surface area (Å²) in [6.07, 6.45) is 8.21. The number of hydrogen-bond donors (Lipinski definition) is 1. The molecular weight excluding hydrogens is 318 g/mol. The minimum absolute atomic E-state index is 0.244. The van der Waals surface area contributed by atoms with Gasteiger partial charge in [0.05, 0.1) is 7.11 Å². The van der Waals surface area contributed by atoms with E-state index in [9.17, 15) is 9.59 Å². The molecule has 25 heavy (non-hydrogen) atoms. The number of allylic oxidation sites excluding steroid dienone is 1. The minimum atomic E-state index is -0.757. The number of ether oxygens (including phenoxy) is 1. The van der Waals surface area contributed by atoms with E-state index < -0.39 is 11.6 Å². The smallest absolute Gasteiger partial charge is 0.346 e. The zero-order valence-corrected chi connectivity index (χ0v) is 14.6. The van der Waals surface area contributed by atoms with Gasteiger partial charge in [-0.3, -0.25) is 4.79 Å². The molecule has 1 aromatic carbocycles. The first-order valence-electron chi connectivity index (χ1n) is 8.56. The van der Waals surface area contributed by atoms with E-state index in [4.69, 9.17) is 4.74 Å².